The zero-order chi connectivity index (χ0) is 13.7. The average molecular weight is 276 g/mol. The van der Waals surface area contributed by atoms with E-state index in [2.05, 4.69) is 11.4 Å². The Kier molecular flexibility index (Phi) is 4.83. The Morgan fingerprint density at radius 1 is 1.16 bits per heavy atom. The number of rotatable bonds is 5. The zero-order valence-electron chi connectivity index (χ0n) is 11.2. The molecule has 19 heavy (non-hydrogen) atoms. The lowest BCUT2D eigenvalue weighted by Crippen LogP contribution is -2.23. The van der Waals surface area contributed by atoms with E-state index >= 15 is 0 Å². The summed E-state index contributed by atoms with van der Waals surface area (Å²) >= 11 is 6.16. The molecule has 1 unspecified atom stereocenters. The van der Waals surface area contributed by atoms with Gasteiger partial charge in [0.15, 0.2) is 0 Å². The van der Waals surface area contributed by atoms with Crippen molar-refractivity contribution in [1.29, 1.82) is 0 Å². The van der Waals surface area contributed by atoms with Gasteiger partial charge >= 0.3 is 0 Å². The SMILES string of the molecule is CNC(COc1ccccc1)c1ccc(C)c(Cl)c1. The standard InChI is InChI=1S/C16H18ClNO/c1-12-8-9-13(10-15(12)17)16(18-2)11-19-14-6-4-3-5-7-14/h3-10,16,18H,11H2,1-2H3. The van der Waals surface area contributed by atoms with Crippen molar-refractivity contribution >= 4 is 11.6 Å². The smallest absolute Gasteiger partial charge is 0.119 e. The van der Waals surface area contributed by atoms with Crippen LogP contribution >= 0.6 is 11.6 Å². The third kappa shape index (κ3) is 3.72. The number of hydrogen-bond donors (Lipinski definition) is 1. The molecule has 2 aromatic carbocycles. The molecular weight excluding hydrogens is 258 g/mol. The zero-order valence-corrected chi connectivity index (χ0v) is 11.9. The number of ether oxygens (including phenoxy) is 1. The molecule has 0 amide bonds. The predicted molar refractivity (Wildman–Crippen MR) is 79.9 cm³/mol. The molecule has 0 aliphatic carbocycles. The lowest BCUT2D eigenvalue weighted by Gasteiger charge is -2.18. The van der Waals surface area contributed by atoms with Crippen molar-refractivity contribution in [3.63, 3.8) is 0 Å². The summed E-state index contributed by atoms with van der Waals surface area (Å²) < 4.78 is 5.78. The van der Waals surface area contributed by atoms with Crippen LogP contribution in [0.25, 0.3) is 0 Å². The maximum absolute atomic E-state index is 6.16. The van der Waals surface area contributed by atoms with E-state index in [1.807, 2.05) is 56.4 Å². The molecule has 3 heteroatoms. The Hall–Kier alpha value is -1.51. The lowest BCUT2D eigenvalue weighted by molar-refractivity contribution is 0.273. The Balaban J connectivity index is 2.05. The normalized spacial score (nSPS) is 12.2. The van der Waals surface area contributed by atoms with Crippen molar-refractivity contribution in [3.8, 4) is 5.75 Å². The molecule has 0 aromatic heterocycles. The molecule has 2 aromatic rings. The van der Waals surface area contributed by atoms with Gasteiger partial charge in [-0.1, -0.05) is 41.9 Å². The van der Waals surface area contributed by atoms with Crippen molar-refractivity contribution in [3.05, 3.63) is 64.7 Å². The third-order valence-corrected chi connectivity index (χ3v) is 3.51. The monoisotopic (exact) mass is 275 g/mol. The van der Waals surface area contributed by atoms with E-state index < -0.39 is 0 Å². The molecule has 0 bridgehead atoms. The van der Waals surface area contributed by atoms with Gasteiger partial charge in [-0.05, 0) is 43.3 Å². The predicted octanol–water partition coefficient (Wildman–Crippen LogP) is 3.99. The minimum absolute atomic E-state index is 0.123. The molecule has 0 saturated heterocycles. The molecule has 2 rings (SSSR count). The molecule has 1 atom stereocenters. The van der Waals surface area contributed by atoms with E-state index in [1.54, 1.807) is 0 Å². The van der Waals surface area contributed by atoms with Gasteiger partial charge in [0.25, 0.3) is 0 Å². The Morgan fingerprint density at radius 3 is 2.53 bits per heavy atom. The second-order valence-electron chi connectivity index (χ2n) is 4.47. The molecule has 2 nitrogen and oxygen atoms in total. The van der Waals surface area contributed by atoms with Crippen LogP contribution in [-0.4, -0.2) is 13.7 Å². The van der Waals surface area contributed by atoms with E-state index in [4.69, 9.17) is 16.3 Å². The van der Waals surface area contributed by atoms with Crippen LogP contribution in [0, 0.1) is 6.92 Å². The van der Waals surface area contributed by atoms with E-state index in [0.29, 0.717) is 6.61 Å². The summed E-state index contributed by atoms with van der Waals surface area (Å²) in [6, 6.07) is 16.0. The highest BCUT2D eigenvalue weighted by molar-refractivity contribution is 6.31. The van der Waals surface area contributed by atoms with Crippen LogP contribution in [0.2, 0.25) is 5.02 Å². The number of likely N-dealkylation sites (N-methyl/N-ethyl adjacent to an activating group) is 1. The van der Waals surface area contributed by atoms with Crippen molar-refractivity contribution in [2.24, 2.45) is 0 Å². The van der Waals surface area contributed by atoms with Crippen LogP contribution in [0.1, 0.15) is 17.2 Å². The van der Waals surface area contributed by atoms with Crippen LogP contribution < -0.4 is 10.1 Å². The number of halogens is 1. The van der Waals surface area contributed by atoms with Gasteiger partial charge in [0, 0.05) is 5.02 Å². The summed E-state index contributed by atoms with van der Waals surface area (Å²) in [5.74, 6) is 0.876. The summed E-state index contributed by atoms with van der Waals surface area (Å²) in [4.78, 5) is 0. The number of hydrogen-bond acceptors (Lipinski definition) is 2. The number of benzene rings is 2. The minimum Gasteiger partial charge on any atom is -0.492 e. The summed E-state index contributed by atoms with van der Waals surface area (Å²) in [6.45, 7) is 2.57. The van der Waals surface area contributed by atoms with Crippen LogP contribution in [0.3, 0.4) is 0 Å². The first-order valence-electron chi connectivity index (χ1n) is 6.32. The average Bonchev–Trinajstić information content (AvgIpc) is 2.44. The minimum atomic E-state index is 0.123. The van der Waals surface area contributed by atoms with E-state index in [9.17, 15) is 0 Å². The molecule has 0 aliphatic heterocycles. The third-order valence-electron chi connectivity index (χ3n) is 3.11. The van der Waals surface area contributed by atoms with Gasteiger partial charge in [-0.2, -0.15) is 0 Å². The summed E-state index contributed by atoms with van der Waals surface area (Å²) in [5.41, 5.74) is 2.22. The van der Waals surface area contributed by atoms with E-state index in [-0.39, 0.29) is 6.04 Å². The molecule has 0 radical (unpaired) electrons. The summed E-state index contributed by atoms with van der Waals surface area (Å²) in [5, 5.41) is 4.04. The van der Waals surface area contributed by atoms with Gasteiger partial charge in [-0.3, -0.25) is 0 Å². The summed E-state index contributed by atoms with van der Waals surface area (Å²) in [7, 11) is 1.92. The second-order valence-corrected chi connectivity index (χ2v) is 4.88. The van der Waals surface area contributed by atoms with Gasteiger partial charge in [-0.25, -0.2) is 0 Å². The van der Waals surface area contributed by atoms with Crippen molar-refractivity contribution in [2.45, 2.75) is 13.0 Å². The van der Waals surface area contributed by atoms with Crippen LogP contribution in [0.5, 0.6) is 5.75 Å². The molecular formula is C16H18ClNO. The number of nitrogens with one attached hydrogen (secondary N) is 1. The van der Waals surface area contributed by atoms with Crippen molar-refractivity contribution in [1.82, 2.24) is 5.32 Å². The topological polar surface area (TPSA) is 21.3 Å². The fourth-order valence-corrected chi connectivity index (χ4v) is 2.06. The Labute approximate surface area is 119 Å². The molecule has 0 aliphatic rings. The van der Waals surface area contributed by atoms with Crippen LogP contribution in [0.15, 0.2) is 48.5 Å². The van der Waals surface area contributed by atoms with Gasteiger partial charge in [0.1, 0.15) is 12.4 Å². The number of para-hydroxylation sites is 1. The van der Waals surface area contributed by atoms with Crippen LogP contribution in [0.4, 0.5) is 0 Å². The Morgan fingerprint density at radius 2 is 1.89 bits per heavy atom. The highest BCUT2D eigenvalue weighted by atomic mass is 35.5. The van der Waals surface area contributed by atoms with Gasteiger partial charge in [-0.15, -0.1) is 0 Å². The van der Waals surface area contributed by atoms with Crippen molar-refractivity contribution in [2.75, 3.05) is 13.7 Å². The summed E-state index contributed by atoms with van der Waals surface area (Å²) in [6.07, 6.45) is 0. The van der Waals surface area contributed by atoms with Gasteiger partial charge in [0.2, 0.25) is 0 Å². The fourth-order valence-electron chi connectivity index (χ4n) is 1.87. The fraction of sp³-hybridized carbons (Fsp3) is 0.250. The maximum atomic E-state index is 6.16. The van der Waals surface area contributed by atoms with Crippen LogP contribution in [-0.2, 0) is 0 Å². The van der Waals surface area contributed by atoms with Gasteiger partial charge < -0.3 is 10.1 Å². The molecule has 100 valence electrons. The Bertz CT molecular complexity index is 528. The lowest BCUT2D eigenvalue weighted by atomic mass is 10.1. The quantitative estimate of drug-likeness (QED) is 0.891. The highest BCUT2D eigenvalue weighted by Gasteiger charge is 2.11. The molecule has 0 heterocycles. The molecule has 1 N–H and O–H groups in total. The first-order chi connectivity index (χ1) is 9.20. The maximum Gasteiger partial charge on any atom is 0.119 e. The van der Waals surface area contributed by atoms with E-state index in [0.717, 1.165) is 21.9 Å². The second kappa shape index (κ2) is 6.60. The first-order valence-corrected chi connectivity index (χ1v) is 6.69. The highest BCUT2D eigenvalue weighted by Crippen LogP contribution is 2.22. The number of aryl methyl sites for hydroxylation is 1. The molecule has 0 saturated carbocycles. The van der Waals surface area contributed by atoms with E-state index in [1.165, 1.54) is 0 Å². The molecule has 0 fully saturated rings. The largest absolute Gasteiger partial charge is 0.492 e. The molecule has 0 spiro atoms. The van der Waals surface area contributed by atoms with Gasteiger partial charge in [0.05, 0.1) is 6.04 Å². The van der Waals surface area contributed by atoms with Crippen molar-refractivity contribution < 1.29 is 4.74 Å². The first kappa shape index (κ1) is 13.9.